The molecule has 88 valence electrons. The van der Waals surface area contributed by atoms with Crippen LogP contribution in [-0.2, 0) is 7.05 Å². The smallest absolute Gasteiger partial charge is 0.255 e. The highest BCUT2D eigenvalue weighted by Crippen LogP contribution is 2.01. The van der Waals surface area contributed by atoms with Crippen LogP contribution >= 0.6 is 12.2 Å². The molecule has 1 amide bonds. The molecule has 0 aliphatic rings. The Labute approximate surface area is 100 Å². The zero-order valence-corrected chi connectivity index (χ0v) is 10.3. The lowest BCUT2D eigenvalue weighted by molar-refractivity contribution is 0.0945. The molecular weight excluding hydrogens is 224 g/mol. The van der Waals surface area contributed by atoms with Gasteiger partial charge in [0.15, 0.2) is 0 Å². The normalized spacial score (nSPS) is 12.1. The van der Waals surface area contributed by atoms with Crippen LogP contribution in [0.5, 0.6) is 0 Å². The lowest BCUT2D eigenvalue weighted by Gasteiger charge is -2.15. The molecule has 1 atom stereocenters. The first-order valence-electron chi connectivity index (χ1n) is 5.13. The number of amides is 1. The van der Waals surface area contributed by atoms with E-state index in [2.05, 4.69) is 10.4 Å². The summed E-state index contributed by atoms with van der Waals surface area (Å²) in [6.07, 6.45) is 4.83. The lowest BCUT2D eigenvalue weighted by Crippen LogP contribution is -2.43. The van der Waals surface area contributed by atoms with Gasteiger partial charge < -0.3 is 11.1 Å². The predicted molar refractivity (Wildman–Crippen MR) is 66.2 cm³/mol. The first-order valence-corrected chi connectivity index (χ1v) is 5.54. The number of hydrogen-bond donors (Lipinski definition) is 2. The Balaban J connectivity index is 2.65. The molecule has 0 saturated heterocycles. The Morgan fingerprint density at radius 3 is 2.88 bits per heavy atom. The number of nitrogens with two attached hydrogens (primary N) is 1. The summed E-state index contributed by atoms with van der Waals surface area (Å²) in [6, 6.07) is -0.243. The molecule has 0 saturated carbocycles. The fraction of sp³-hybridized carbons (Fsp3) is 0.500. The number of thiocarbonyl (C=S) groups is 1. The molecule has 1 aromatic rings. The Bertz CT molecular complexity index is 388. The van der Waals surface area contributed by atoms with Gasteiger partial charge in [-0.2, -0.15) is 5.10 Å². The maximum absolute atomic E-state index is 11.8. The Hall–Kier alpha value is -1.43. The third-order valence-corrected chi connectivity index (χ3v) is 2.48. The number of nitrogens with zero attached hydrogens (tertiary/aromatic N) is 2. The number of rotatable bonds is 5. The van der Waals surface area contributed by atoms with Gasteiger partial charge in [0, 0.05) is 13.2 Å². The SMILES string of the molecule is CCCC(NC(=O)c1cnn(C)c1)C(N)=S. The van der Waals surface area contributed by atoms with Gasteiger partial charge in [-0.25, -0.2) is 0 Å². The van der Waals surface area contributed by atoms with E-state index in [1.165, 1.54) is 6.20 Å². The second kappa shape index (κ2) is 5.60. The van der Waals surface area contributed by atoms with E-state index in [0.717, 1.165) is 12.8 Å². The average Bonchev–Trinajstić information content (AvgIpc) is 2.64. The predicted octanol–water partition coefficient (Wildman–Crippen LogP) is 0.605. The van der Waals surface area contributed by atoms with Gasteiger partial charge in [0.25, 0.3) is 5.91 Å². The summed E-state index contributed by atoms with van der Waals surface area (Å²) in [7, 11) is 1.76. The molecule has 0 aliphatic heterocycles. The lowest BCUT2D eigenvalue weighted by atomic mass is 10.1. The molecule has 0 aromatic carbocycles. The van der Waals surface area contributed by atoms with E-state index in [-0.39, 0.29) is 11.9 Å². The molecule has 0 fully saturated rings. The van der Waals surface area contributed by atoms with Crippen molar-refractivity contribution in [3.8, 4) is 0 Å². The summed E-state index contributed by atoms with van der Waals surface area (Å²) in [6.45, 7) is 2.02. The van der Waals surface area contributed by atoms with Crippen LogP contribution in [0.4, 0.5) is 0 Å². The number of carbonyl (C=O) groups excluding carboxylic acids is 1. The number of aryl methyl sites for hydroxylation is 1. The third-order valence-electron chi connectivity index (χ3n) is 2.19. The highest BCUT2D eigenvalue weighted by Gasteiger charge is 2.16. The van der Waals surface area contributed by atoms with Crippen molar-refractivity contribution < 1.29 is 4.79 Å². The molecule has 0 radical (unpaired) electrons. The van der Waals surface area contributed by atoms with Crippen LogP contribution in [0.3, 0.4) is 0 Å². The van der Waals surface area contributed by atoms with Crippen LogP contribution in [0.1, 0.15) is 30.1 Å². The van der Waals surface area contributed by atoms with E-state index < -0.39 is 0 Å². The molecular formula is C10H16N4OS. The summed E-state index contributed by atoms with van der Waals surface area (Å²) in [5.41, 5.74) is 6.06. The van der Waals surface area contributed by atoms with Crippen molar-refractivity contribution >= 4 is 23.1 Å². The quantitative estimate of drug-likeness (QED) is 0.739. The zero-order chi connectivity index (χ0) is 12.1. The van der Waals surface area contributed by atoms with Crippen LogP contribution in [-0.4, -0.2) is 26.7 Å². The molecule has 1 aromatic heterocycles. The molecule has 6 heteroatoms. The second-order valence-electron chi connectivity index (χ2n) is 3.62. The van der Waals surface area contributed by atoms with E-state index in [1.807, 2.05) is 6.92 Å². The van der Waals surface area contributed by atoms with Gasteiger partial charge in [0.1, 0.15) is 0 Å². The topological polar surface area (TPSA) is 72.9 Å². The monoisotopic (exact) mass is 240 g/mol. The highest BCUT2D eigenvalue weighted by molar-refractivity contribution is 7.80. The molecule has 0 spiro atoms. The standard InChI is InChI=1S/C10H16N4OS/c1-3-4-8(9(11)16)13-10(15)7-5-12-14(2)6-7/h5-6,8H,3-4H2,1-2H3,(H2,11,16)(H,13,15). The summed E-state index contributed by atoms with van der Waals surface area (Å²) in [4.78, 5) is 12.1. The zero-order valence-electron chi connectivity index (χ0n) is 9.43. The fourth-order valence-corrected chi connectivity index (χ4v) is 1.53. The Morgan fingerprint density at radius 1 is 1.75 bits per heavy atom. The first-order chi connectivity index (χ1) is 7.54. The van der Waals surface area contributed by atoms with Crippen LogP contribution in [0.25, 0.3) is 0 Å². The van der Waals surface area contributed by atoms with E-state index in [1.54, 1.807) is 17.9 Å². The highest BCUT2D eigenvalue weighted by atomic mass is 32.1. The van der Waals surface area contributed by atoms with Gasteiger partial charge in [0.2, 0.25) is 0 Å². The van der Waals surface area contributed by atoms with Crippen molar-refractivity contribution in [1.82, 2.24) is 15.1 Å². The molecule has 5 nitrogen and oxygen atoms in total. The van der Waals surface area contributed by atoms with Crippen molar-refractivity contribution in [2.45, 2.75) is 25.8 Å². The number of carbonyl (C=O) groups is 1. The molecule has 1 unspecified atom stereocenters. The summed E-state index contributed by atoms with van der Waals surface area (Å²) in [5, 5.41) is 6.72. The van der Waals surface area contributed by atoms with Crippen LogP contribution in [0.15, 0.2) is 12.4 Å². The Kier molecular flexibility index (Phi) is 4.42. The molecule has 16 heavy (non-hydrogen) atoms. The first kappa shape index (κ1) is 12.6. The van der Waals surface area contributed by atoms with E-state index in [9.17, 15) is 4.79 Å². The molecule has 0 bridgehead atoms. The van der Waals surface area contributed by atoms with Gasteiger partial charge in [-0.05, 0) is 6.42 Å². The second-order valence-corrected chi connectivity index (χ2v) is 4.09. The number of aromatic nitrogens is 2. The van der Waals surface area contributed by atoms with E-state index in [4.69, 9.17) is 18.0 Å². The van der Waals surface area contributed by atoms with Gasteiger partial charge in [-0.1, -0.05) is 25.6 Å². The molecule has 1 rings (SSSR count). The third kappa shape index (κ3) is 3.30. The largest absolute Gasteiger partial charge is 0.392 e. The van der Waals surface area contributed by atoms with E-state index in [0.29, 0.717) is 10.6 Å². The minimum Gasteiger partial charge on any atom is -0.392 e. The van der Waals surface area contributed by atoms with Gasteiger partial charge >= 0.3 is 0 Å². The van der Waals surface area contributed by atoms with E-state index >= 15 is 0 Å². The average molecular weight is 240 g/mol. The fourth-order valence-electron chi connectivity index (χ4n) is 1.35. The van der Waals surface area contributed by atoms with Crippen molar-refractivity contribution in [3.05, 3.63) is 18.0 Å². The minimum atomic E-state index is -0.243. The van der Waals surface area contributed by atoms with Crippen LogP contribution < -0.4 is 11.1 Å². The van der Waals surface area contributed by atoms with Crippen molar-refractivity contribution in [3.63, 3.8) is 0 Å². The van der Waals surface area contributed by atoms with Crippen LogP contribution in [0.2, 0.25) is 0 Å². The van der Waals surface area contributed by atoms with Crippen molar-refractivity contribution in [2.75, 3.05) is 0 Å². The maximum atomic E-state index is 11.8. The minimum absolute atomic E-state index is 0.195. The van der Waals surface area contributed by atoms with Crippen molar-refractivity contribution in [1.29, 1.82) is 0 Å². The van der Waals surface area contributed by atoms with Gasteiger partial charge in [-0.3, -0.25) is 9.48 Å². The molecule has 1 heterocycles. The van der Waals surface area contributed by atoms with Crippen molar-refractivity contribution in [2.24, 2.45) is 12.8 Å². The summed E-state index contributed by atoms with van der Waals surface area (Å²) < 4.78 is 1.57. The van der Waals surface area contributed by atoms with Gasteiger partial charge in [-0.15, -0.1) is 0 Å². The summed E-state index contributed by atoms with van der Waals surface area (Å²) in [5.74, 6) is -0.195. The molecule has 0 aliphatic carbocycles. The van der Waals surface area contributed by atoms with Crippen LogP contribution in [0, 0.1) is 0 Å². The molecule has 3 N–H and O–H groups in total. The summed E-state index contributed by atoms with van der Waals surface area (Å²) >= 11 is 4.90. The number of hydrogen-bond acceptors (Lipinski definition) is 3. The Morgan fingerprint density at radius 2 is 2.44 bits per heavy atom. The maximum Gasteiger partial charge on any atom is 0.255 e. The number of nitrogens with one attached hydrogen (secondary N) is 1. The van der Waals surface area contributed by atoms with Gasteiger partial charge in [0.05, 0.1) is 22.8 Å².